The lowest BCUT2D eigenvalue weighted by molar-refractivity contribution is -0.192. The van der Waals surface area contributed by atoms with Crippen LogP contribution >= 0.6 is 0 Å². The van der Waals surface area contributed by atoms with E-state index >= 15 is 0 Å². The zero-order valence-electron chi connectivity index (χ0n) is 16.8. The maximum atomic E-state index is 10.6. The van der Waals surface area contributed by atoms with Gasteiger partial charge in [-0.25, -0.2) is 14.8 Å². The minimum absolute atomic E-state index is 0.377. The molecule has 2 aromatic rings. The number of alkyl halides is 3. The van der Waals surface area contributed by atoms with Crippen molar-refractivity contribution in [1.29, 1.82) is 0 Å². The number of likely N-dealkylation sites (N-methyl/N-ethyl adjacent to an activating group) is 1. The predicted molar refractivity (Wildman–Crippen MR) is 101 cm³/mol. The zero-order chi connectivity index (χ0) is 21.8. The Hall–Kier alpha value is -2.69. The largest absolute Gasteiger partial charge is 0.490 e. The average molecular weight is 414 g/mol. The van der Waals surface area contributed by atoms with E-state index < -0.39 is 12.1 Å². The van der Waals surface area contributed by atoms with Crippen LogP contribution in [0.25, 0.3) is 0 Å². The topological polar surface area (TPSA) is 87.4 Å². The summed E-state index contributed by atoms with van der Waals surface area (Å²) in [4.78, 5) is 22.6. The number of anilines is 1. The Morgan fingerprint density at radius 3 is 2.31 bits per heavy atom. The van der Waals surface area contributed by atoms with Gasteiger partial charge in [0.2, 0.25) is 5.95 Å². The second-order valence-corrected chi connectivity index (χ2v) is 7.17. The standard InChI is InChI=1S/C16H24N6.C2HF3O2/c1-12-8-17-16(18-9-12)22-6-5-14(20(2)3)15(22)7-13-10-19-21(4)11-13;3-2(4,5)1(6)7/h8-11,14-15H,5-7H2,1-4H3;(H,6,7)/t14-,15+;/m1./s1. The molecule has 1 fully saturated rings. The summed E-state index contributed by atoms with van der Waals surface area (Å²) in [6.45, 7) is 3.01. The van der Waals surface area contributed by atoms with Crippen molar-refractivity contribution in [1.82, 2.24) is 24.6 Å². The lowest BCUT2D eigenvalue weighted by atomic mass is 10.0. The molecule has 0 bridgehead atoms. The van der Waals surface area contributed by atoms with Crippen molar-refractivity contribution in [3.63, 3.8) is 0 Å². The maximum absolute atomic E-state index is 10.6. The normalized spacial score (nSPS) is 19.2. The van der Waals surface area contributed by atoms with Gasteiger partial charge in [-0.05, 0) is 45.0 Å². The third-order valence-electron chi connectivity index (χ3n) is 4.64. The molecule has 3 rings (SSSR count). The molecule has 1 saturated heterocycles. The second kappa shape index (κ2) is 9.21. The molecule has 1 N–H and O–H groups in total. The lowest BCUT2D eigenvalue weighted by Crippen LogP contribution is -2.44. The summed E-state index contributed by atoms with van der Waals surface area (Å²) >= 11 is 0. The number of carboxylic acid groups (broad SMARTS) is 1. The molecule has 0 aromatic carbocycles. The van der Waals surface area contributed by atoms with Gasteiger partial charge in [-0.1, -0.05) is 0 Å². The van der Waals surface area contributed by atoms with Crippen LogP contribution in [0.5, 0.6) is 0 Å². The zero-order valence-corrected chi connectivity index (χ0v) is 16.8. The molecule has 160 valence electrons. The molecule has 0 unspecified atom stereocenters. The number of halogens is 3. The Morgan fingerprint density at radius 1 is 1.28 bits per heavy atom. The first-order chi connectivity index (χ1) is 13.5. The van der Waals surface area contributed by atoms with E-state index in [-0.39, 0.29) is 0 Å². The quantitative estimate of drug-likeness (QED) is 0.818. The van der Waals surface area contributed by atoms with Gasteiger partial charge in [0.15, 0.2) is 0 Å². The number of carbonyl (C=O) groups is 1. The van der Waals surface area contributed by atoms with E-state index in [9.17, 15) is 13.2 Å². The summed E-state index contributed by atoms with van der Waals surface area (Å²) in [5.74, 6) is -1.92. The SMILES string of the molecule is Cc1cnc(N2CC[C@@H](N(C)C)[C@@H]2Cc2cnn(C)c2)nc1.O=C(O)C(F)(F)F. The number of hydrogen-bond donors (Lipinski definition) is 1. The number of aromatic nitrogens is 4. The van der Waals surface area contributed by atoms with E-state index in [1.54, 1.807) is 0 Å². The van der Waals surface area contributed by atoms with Crippen LogP contribution in [0.4, 0.5) is 19.1 Å². The van der Waals surface area contributed by atoms with Gasteiger partial charge >= 0.3 is 12.1 Å². The molecule has 1 aliphatic heterocycles. The highest BCUT2D eigenvalue weighted by molar-refractivity contribution is 5.73. The molecule has 2 atom stereocenters. The maximum Gasteiger partial charge on any atom is 0.490 e. The molecule has 0 amide bonds. The van der Waals surface area contributed by atoms with E-state index in [0.29, 0.717) is 12.1 Å². The van der Waals surface area contributed by atoms with Gasteiger partial charge in [0.25, 0.3) is 0 Å². The number of aliphatic carboxylic acids is 1. The fourth-order valence-electron chi connectivity index (χ4n) is 3.29. The Labute approximate surface area is 167 Å². The Morgan fingerprint density at radius 2 is 1.86 bits per heavy atom. The molecule has 0 spiro atoms. The van der Waals surface area contributed by atoms with Crippen molar-refractivity contribution in [3.8, 4) is 0 Å². The van der Waals surface area contributed by atoms with E-state index in [2.05, 4.69) is 45.2 Å². The van der Waals surface area contributed by atoms with Crippen molar-refractivity contribution >= 4 is 11.9 Å². The minimum Gasteiger partial charge on any atom is -0.475 e. The van der Waals surface area contributed by atoms with Crippen LogP contribution < -0.4 is 4.90 Å². The van der Waals surface area contributed by atoms with Gasteiger partial charge < -0.3 is 14.9 Å². The molecular formula is C18H25F3N6O2. The fourth-order valence-corrected chi connectivity index (χ4v) is 3.29. The molecular weight excluding hydrogens is 389 g/mol. The molecule has 0 aliphatic carbocycles. The molecule has 0 saturated carbocycles. The number of rotatable bonds is 4. The summed E-state index contributed by atoms with van der Waals surface area (Å²) in [5.41, 5.74) is 2.36. The van der Waals surface area contributed by atoms with Crippen molar-refractivity contribution in [2.75, 3.05) is 25.5 Å². The molecule has 1 aliphatic rings. The average Bonchev–Trinajstić information content (AvgIpc) is 3.22. The van der Waals surface area contributed by atoms with Crippen LogP contribution in [0.1, 0.15) is 17.5 Å². The number of carboxylic acids is 1. The molecule has 29 heavy (non-hydrogen) atoms. The molecule has 8 nitrogen and oxygen atoms in total. The minimum atomic E-state index is -5.08. The van der Waals surface area contributed by atoms with Gasteiger partial charge in [0, 0.05) is 38.2 Å². The number of aryl methyl sites for hydroxylation is 2. The third-order valence-corrected chi connectivity index (χ3v) is 4.64. The highest BCUT2D eigenvalue weighted by Gasteiger charge is 2.38. The van der Waals surface area contributed by atoms with Gasteiger partial charge in [0.05, 0.1) is 12.2 Å². The van der Waals surface area contributed by atoms with Gasteiger partial charge in [-0.3, -0.25) is 4.68 Å². The van der Waals surface area contributed by atoms with Gasteiger partial charge in [-0.2, -0.15) is 18.3 Å². The lowest BCUT2D eigenvalue weighted by Gasteiger charge is -2.31. The van der Waals surface area contributed by atoms with Crippen molar-refractivity contribution in [3.05, 3.63) is 35.9 Å². The molecule has 2 aromatic heterocycles. The van der Waals surface area contributed by atoms with Crippen molar-refractivity contribution in [2.45, 2.75) is 38.0 Å². The molecule has 0 radical (unpaired) electrons. The first kappa shape index (κ1) is 22.6. The van der Waals surface area contributed by atoms with Crippen molar-refractivity contribution in [2.24, 2.45) is 7.05 Å². The third kappa shape index (κ3) is 6.14. The highest BCUT2D eigenvalue weighted by Crippen LogP contribution is 2.27. The van der Waals surface area contributed by atoms with E-state index in [1.807, 2.05) is 37.2 Å². The smallest absolute Gasteiger partial charge is 0.475 e. The van der Waals surface area contributed by atoms with E-state index in [4.69, 9.17) is 9.90 Å². The Bertz CT molecular complexity index is 807. The number of nitrogens with zero attached hydrogens (tertiary/aromatic N) is 6. The first-order valence-corrected chi connectivity index (χ1v) is 8.98. The van der Waals surface area contributed by atoms with Crippen LogP contribution in [0, 0.1) is 6.92 Å². The van der Waals surface area contributed by atoms with E-state index in [0.717, 1.165) is 30.9 Å². The summed E-state index contributed by atoms with van der Waals surface area (Å²) < 4.78 is 33.6. The summed E-state index contributed by atoms with van der Waals surface area (Å²) in [6.07, 6.45) is 4.86. The second-order valence-electron chi connectivity index (χ2n) is 7.17. The monoisotopic (exact) mass is 414 g/mol. The Kier molecular flexibility index (Phi) is 7.17. The molecule has 11 heteroatoms. The summed E-state index contributed by atoms with van der Waals surface area (Å²) in [5, 5.41) is 11.4. The first-order valence-electron chi connectivity index (χ1n) is 8.98. The fraction of sp³-hybridized carbons (Fsp3) is 0.556. The van der Waals surface area contributed by atoms with Crippen LogP contribution in [0.15, 0.2) is 24.8 Å². The van der Waals surface area contributed by atoms with Gasteiger partial charge in [0.1, 0.15) is 0 Å². The summed E-state index contributed by atoms with van der Waals surface area (Å²) in [7, 11) is 6.27. The van der Waals surface area contributed by atoms with Gasteiger partial charge in [-0.15, -0.1) is 0 Å². The Balaban J connectivity index is 0.000000370. The number of hydrogen-bond acceptors (Lipinski definition) is 6. The van der Waals surface area contributed by atoms with Crippen molar-refractivity contribution < 1.29 is 23.1 Å². The van der Waals surface area contributed by atoms with Crippen LogP contribution in [-0.2, 0) is 18.3 Å². The van der Waals surface area contributed by atoms with E-state index in [1.165, 1.54) is 5.56 Å². The summed E-state index contributed by atoms with van der Waals surface area (Å²) in [6, 6.07) is 0.881. The molecule has 3 heterocycles. The van der Waals surface area contributed by atoms with Crippen LogP contribution in [0.3, 0.4) is 0 Å². The highest BCUT2D eigenvalue weighted by atomic mass is 19.4. The predicted octanol–water partition coefficient (Wildman–Crippen LogP) is 1.90. The van der Waals surface area contributed by atoms with Crippen LogP contribution in [0.2, 0.25) is 0 Å². The van der Waals surface area contributed by atoms with Crippen LogP contribution in [-0.4, -0.2) is 74.6 Å².